The largest absolute Gasteiger partial charge is 0.320 e. The molecule has 3 nitrogen and oxygen atoms in total. The lowest BCUT2D eigenvalue weighted by molar-refractivity contribution is 0.786. The smallest absolute Gasteiger partial charge is 0.256 e. The van der Waals surface area contributed by atoms with Crippen molar-refractivity contribution in [2.45, 2.75) is 6.54 Å². The molecule has 0 N–H and O–H groups in total. The summed E-state index contributed by atoms with van der Waals surface area (Å²) < 4.78 is 1.16. The lowest BCUT2D eigenvalue weighted by Crippen LogP contribution is -2.22. The molecule has 10 heavy (non-hydrogen) atoms. The van der Waals surface area contributed by atoms with Gasteiger partial charge in [-0.1, -0.05) is 6.08 Å². The highest BCUT2D eigenvalue weighted by Crippen LogP contribution is 1.90. The minimum Gasteiger partial charge on any atom is -0.256 e. The average molecular weight is 175 g/mol. The van der Waals surface area contributed by atoms with Crippen LogP contribution in [0, 0.1) is 0 Å². The van der Waals surface area contributed by atoms with Crippen LogP contribution in [0.15, 0.2) is 22.2 Å². The molecule has 0 saturated heterocycles. The van der Waals surface area contributed by atoms with Crippen LogP contribution < -0.4 is 9.75 Å². The van der Waals surface area contributed by atoms with Crippen LogP contribution in [0.2, 0.25) is 0 Å². The van der Waals surface area contributed by atoms with Gasteiger partial charge in [0.2, 0.25) is 0 Å². The van der Waals surface area contributed by atoms with Gasteiger partial charge in [-0.25, -0.2) is 0 Å². The van der Waals surface area contributed by atoms with Gasteiger partial charge in [0.15, 0.2) is 0 Å². The zero-order valence-electron chi connectivity index (χ0n) is 5.07. The summed E-state index contributed by atoms with van der Waals surface area (Å²) in [6, 6.07) is 0. The van der Waals surface area contributed by atoms with Gasteiger partial charge in [-0.2, -0.15) is 0 Å². The van der Waals surface area contributed by atoms with Crippen LogP contribution in [0.1, 0.15) is 0 Å². The van der Waals surface area contributed by atoms with Crippen LogP contribution in [0.3, 0.4) is 0 Å². The molecule has 0 aliphatic rings. The average Bonchev–Trinajstić information content (AvgIpc) is 2.20. The fourth-order valence-electron chi connectivity index (χ4n) is 0.514. The van der Waals surface area contributed by atoms with Crippen LogP contribution in [0.5, 0.6) is 0 Å². The molecule has 1 aromatic heterocycles. The molecule has 0 unspecified atom stereocenters. The molecule has 54 valence electrons. The van der Waals surface area contributed by atoms with Gasteiger partial charge >= 0.3 is 9.75 Å². The van der Waals surface area contributed by atoms with E-state index >= 15 is 0 Å². The first-order valence-electron chi connectivity index (χ1n) is 2.56. The first kappa shape index (κ1) is 7.43. The lowest BCUT2D eigenvalue weighted by atomic mass is 10.6. The Morgan fingerprint density at radius 2 is 1.90 bits per heavy atom. The summed E-state index contributed by atoms with van der Waals surface area (Å²) in [5.41, 5.74) is 0. The third kappa shape index (κ3) is 1.25. The monoisotopic (exact) mass is 175 g/mol. The molecule has 5 heteroatoms. The molecule has 0 amide bonds. The molecule has 1 aromatic rings. The van der Waals surface area contributed by atoms with Gasteiger partial charge in [0.25, 0.3) is 0 Å². The molecule has 0 aliphatic heterocycles. The number of allylic oxidation sites excluding steroid dienone is 1. The van der Waals surface area contributed by atoms with Crippen molar-refractivity contribution in [3.05, 3.63) is 32.0 Å². The minimum atomic E-state index is -0.199. The Morgan fingerprint density at radius 1 is 1.40 bits per heavy atom. The van der Waals surface area contributed by atoms with Crippen LogP contribution in [0.25, 0.3) is 0 Å². The quantitative estimate of drug-likeness (QED) is 0.485. The highest BCUT2D eigenvalue weighted by molar-refractivity contribution is 7.67. The SMILES string of the molecule is C=CCn1c(=O)ssc1=O. The lowest BCUT2D eigenvalue weighted by Gasteiger charge is -1.87. The van der Waals surface area contributed by atoms with Crippen LogP contribution >= 0.6 is 20.7 Å². The molecule has 0 atom stereocenters. The fourth-order valence-corrected chi connectivity index (χ4v) is 2.18. The van der Waals surface area contributed by atoms with Crippen molar-refractivity contribution >= 4 is 20.7 Å². The summed E-state index contributed by atoms with van der Waals surface area (Å²) in [5.74, 6) is 0. The summed E-state index contributed by atoms with van der Waals surface area (Å²) in [4.78, 5) is 21.1. The highest BCUT2D eigenvalue weighted by Gasteiger charge is 1.99. The highest BCUT2D eigenvalue weighted by atomic mass is 32.9. The molecule has 0 saturated carbocycles. The molecular formula is C5H5NO2S2. The van der Waals surface area contributed by atoms with E-state index in [2.05, 4.69) is 6.58 Å². The summed E-state index contributed by atoms with van der Waals surface area (Å²) in [5, 5.41) is 0. The fraction of sp³-hybridized carbons (Fsp3) is 0.200. The van der Waals surface area contributed by atoms with Gasteiger partial charge in [-0.15, -0.1) is 6.58 Å². The van der Waals surface area contributed by atoms with E-state index in [1.807, 2.05) is 0 Å². The maximum atomic E-state index is 10.8. The Balaban J connectivity index is 3.23. The van der Waals surface area contributed by atoms with E-state index in [0.717, 1.165) is 25.2 Å². The Kier molecular flexibility index (Phi) is 2.18. The number of nitrogens with zero attached hydrogens (tertiary/aromatic N) is 1. The van der Waals surface area contributed by atoms with E-state index < -0.39 is 0 Å². The van der Waals surface area contributed by atoms with E-state index in [0.29, 0.717) is 6.54 Å². The third-order valence-electron chi connectivity index (χ3n) is 0.937. The first-order valence-corrected chi connectivity index (χ1v) is 4.71. The van der Waals surface area contributed by atoms with E-state index in [-0.39, 0.29) is 9.75 Å². The number of rotatable bonds is 2. The zero-order chi connectivity index (χ0) is 7.56. The maximum Gasteiger partial charge on any atom is 0.320 e. The molecular weight excluding hydrogens is 170 g/mol. The standard InChI is InChI=1S/C5H5NO2S2/c1-2-3-6-4(7)9-10-5(6)8/h2H,1,3H2. The first-order chi connectivity index (χ1) is 4.75. The van der Waals surface area contributed by atoms with Crippen molar-refractivity contribution in [2.75, 3.05) is 0 Å². The van der Waals surface area contributed by atoms with E-state index in [4.69, 9.17) is 0 Å². The van der Waals surface area contributed by atoms with Gasteiger partial charge in [0.05, 0.1) is 0 Å². The van der Waals surface area contributed by atoms with Crippen LogP contribution in [-0.2, 0) is 6.54 Å². The Labute approximate surface area is 64.3 Å². The van der Waals surface area contributed by atoms with Crippen LogP contribution in [0.4, 0.5) is 0 Å². The predicted molar refractivity (Wildman–Crippen MR) is 42.9 cm³/mol. The predicted octanol–water partition coefficient (Wildman–Crippen LogP) is 0.517. The van der Waals surface area contributed by atoms with Crippen molar-refractivity contribution in [1.29, 1.82) is 0 Å². The minimum absolute atomic E-state index is 0.199. The summed E-state index contributed by atoms with van der Waals surface area (Å²) in [6.45, 7) is 3.75. The van der Waals surface area contributed by atoms with Gasteiger partial charge in [-0.3, -0.25) is 14.2 Å². The normalized spacial score (nSPS) is 9.60. The number of aromatic nitrogens is 1. The van der Waals surface area contributed by atoms with Crippen molar-refractivity contribution < 1.29 is 0 Å². The molecule has 0 aromatic carbocycles. The second-order valence-electron chi connectivity index (χ2n) is 1.60. The summed E-state index contributed by atoms with van der Waals surface area (Å²) in [6.07, 6.45) is 1.53. The molecule has 1 rings (SSSR count). The van der Waals surface area contributed by atoms with Gasteiger partial charge in [0.1, 0.15) is 0 Å². The van der Waals surface area contributed by atoms with Gasteiger partial charge < -0.3 is 0 Å². The van der Waals surface area contributed by atoms with Crippen LogP contribution in [-0.4, -0.2) is 4.57 Å². The molecule has 0 radical (unpaired) electrons. The summed E-state index contributed by atoms with van der Waals surface area (Å²) >= 11 is 0. The molecule has 0 bridgehead atoms. The number of hydrogen-bond acceptors (Lipinski definition) is 4. The Morgan fingerprint density at radius 3 is 2.30 bits per heavy atom. The molecule has 0 aliphatic carbocycles. The van der Waals surface area contributed by atoms with E-state index in [9.17, 15) is 9.59 Å². The second kappa shape index (κ2) is 2.94. The number of hydrogen-bond donors (Lipinski definition) is 0. The van der Waals surface area contributed by atoms with E-state index in [1.165, 1.54) is 6.08 Å². The van der Waals surface area contributed by atoms with Crippen molar-refractivity contribution in [3.63, 3.8) is 0 Å². The summed E-state index contributed by atoms with van der Waals surface area (Å²) in [7, 11) is 1.92. The Bertz CT molecular complexity index is 304. The Hall–Kier alpha value is -0.680. The van der Waals surface area contributed by atoms with Crippen molar-refractivity contribution in [3.8, 4) is 0 Å². The molecule has 0 fully saturated rings. The van der Waals surface area contributed by atoms with Gasteiger partial charge in [0, 0.05) is 6.54 Å². The molecule has 0 spiro atoms. The van der Waals surface area contributed by atoms with Crippen molar-refractivity contribution in [1.82, 2.24) is 4.57 Å². The van der Waals surface area contributed by atoms with E-state index in [1.54, 1.807) is 0 Å². The second-order valence-corrected chi connectivity index (χ2v) is 3.63. The van der Waals surface area contributed by atoms with Gasteiger partial charge in [-0.05, 0) is 20.7 Å². The third-order valence-corrected chi connectivity index (χ3v) is 2.85. The molecule has 1 heterocycles. The topological polar surface area (TPSA) is 39.1 Å². The van der Waals surface area contributed by atoms with Crippen molar-refractivity contribution in [2.24, 2.45) is 0 Å². The zero-order valence-corrected chi connectivity index (χ0v) is 6.70. The maximum absolute atomic E-state index is 10.8.